The molecule has 0 aliphatic carbocycles. The Bertz CT molecular complexity index is 456. The van der Waals surface area contributed by atoms with Crippen molar-refractivity contribution in [2.24, 2.45) is 0 Å². The third-order valence-electron chi connectivity index (χ3n) is 3.22. The Morgan fingerprint density at radius 3 is 2.33 bits per heavy atom. The molecule has 0 unspecified atom stereocenters. The first-order valence-corrected chi connectivity index (χ1v) is 6.71. The fraction of sp³-hybridized carbons (Fsp3) is 0.714. The predicted octanol–water partition coefficient (Wildman–Crippen LogP) is 0.914. The van der Waals surface area contributed by atoms with Crippen molar-refractivity contribution in [3.63, 3.8) is 0 Å². The van der Waals surface area contributed by atoms with Crippen LogP contribution < -0.4 is 0 Å². The topological polar surface area (TPSA) is 80.3 Å². The van der Waals surface area contributed by atoms with E-state index in [-0.39, 0.29) is 12.4 Å². The molecule has 2 aliphatic rings. The van der Waals surface area contributed by atoms with Gasteiger partial charge in [0.25, 0.3) is 0 Å². The second kappa shape index (κ2) is 5.65. The van der Waals surface area contributed by atoms with E-state index in [1.807, 2.05) is 0 Å². The zero-order valence-corrected chi connectivity index (χ0v) is 12.6. The van der Waals surface area contributed by atoms with Gasteiger partial charge in [0, 0.05) is 13.8 Å². The van der Waals surface area contributed by atoms with Gasteiger partial charge >= 0.3 is 11.9 Å². The summed E-state index contributed by atoms with van der Waals surface area (Å²) < 4.78 is 27.2. The Morgan fingerprint density at radius 1 is 1.24 bits per heavy atom. The van der Waals surface area contributed by atoms with Crippen LogP contribution in [0, 0.1) is 0 Å². The third kappa shape index (κ3) is 3.54. The van der Waals surface area contributed by atoms with Crippen molar-refractivity contribution < 1.29 is 33.3 Å². The Kier molecular flexibility index (Phi) is 4.25. The highest BCUT2D eigenvalue weighted by Gasteiger charge is 2.52. The Balaban J connectivity index is 2.17. The molecular formula is C14H20O7. The third-order valence-corrected chi connectivity index (χ3v) is 3.22. The van der Waals surface area contributed by atoms with Crippen LogP contribution in [-0.4, -0.2) is 48.7 Å². The molecule has 0 N–H and O–H groups in total. The molecular weight excluding hydrogens is 280 g/mol. The molecule has 7 nitrogen and oxygen atoms in total. The lowest BCUT2D eigenvalue weighted by Gasteiger charge is -2.25. The van der Waals surface area contributed by atoms with Crippen LogP contribution in [0.15, 0.2) is 12.3 Å². The highest BCUT2D eigenvalue weighted by molar-refractivity contribution is 5.68. The van der Waals surface area contributed by atoms with E-state index < -0.39 is 42.1 Å². The largest absolute Gasteiger partial charge is 0.484 e. The maximum absolute atomic E-state index is 11.3. The first-order chi connectivity index (χ1) is 9.69. The van der Waals surface area contributed by atoms with Crippen LogP contribution >= 0.6 is 0 Å². The van der Waals surface area contributed by atoms with E-state index in [0.717, 1.165) is 0 Å². The second-order valence-corrected chi connectivity index (χ2v) is 5.52. The van der Waals surface area contributed by atoms with E-state index >= 15 is 0 Å². The van der Waals surface area contributed by atoms with Crippen LogP contribution in [0.2, 0.25) is 0 Å². The molecule has 2 aliphatic heterocycles. The van der Waals surface area contributed by atoms with Crippen LogP contribution in [-0.2, 0) is 33.3 Å². The minimum atomic E-state index is -0.844. The number of hydrogen-bond acceptors (Lipinski definition) is 7. The number of ether oxygens (including phenoxy) is 5. The van der Waals surface area contributed by atoms with Gasteiger partial charge in [-0.25, -0.2) is 0 Å². The molecule has 2 saturated heterocycles. The number of carbonyl (C=O) groups is 2. The van der Waals surface area contributed by atoms with E-state index in [9.17, 15) is 9.59 Å². The summed E-state index contributed by atoms with van der Waals surface area (Å²) in [7, 11) is 0. The monoisotopic (exact) mass is 300 g/mol. The van der Waals surface area contributed by atoms with Crippen molar-refractivity contribution in [3.8, 4) is 0 Å². The number of esters is 2. The summed E-state index contributed by atoms with van der Waals surface area (Å²) in [6.45, 7) is 10.1. The van der Waals surface area contributed by atoms with Gasteiger partial charge in [-0.1, -0.05) is 6.58 Å². The van der Waals surface area contributed by atoms with E-state index in [2.05, 4.69) is 6.58 Å². The fourth-order valence-electron chi connectivity index (χ4n) is 2.46. The van der Waals surface area contributed by atoms with E-state index in [0.29, 0.717) is 0 Å². The van der Waals surface area contributed by atoms with Crippen molar-refractivity contribution in [1.29, 1.82) is 0 Å². The van der Waals surface area contributed by atoms with Crippen LogP contribution in [0.5, 0.6) is 0 Å². The van der Waals surface area contributed by atoms with Crippen molar-refractivity contribution in [2.75, 3.05) is 6.61 Å². The maximum Gasteiger partial charge on any atom is 0.303 e. The molecule has 2 fully saturated rings. The lowest BCUT2D eigenvalue weighted by molar-refractivity contribution is -0.173. The van der Waals surface area contributed by atoms with Crippen LogP contribution in [0.1, 0.15) is 27.7 Å². The molecule has 2 heterocycles. The van der Waals surface area contributed by atoms with Gasteiger partial charge in [-0.05, 0) is 13.8 Å². The minimum Gasteiger partial charge on any atom is -0.484 e. The molecule has 0 aromatic carbocycles. The van der Waals surface area contributed by atoms with Gasteiger partial charge in [-0.3, -0.25) is 9.59 Å². The molecule has 0 radical (unpaired) electrons. The molecule has 21 heavy (non-hydrogen) atoms. The van der Waals surface area contributed by atoms with Gasteiger partial charge in [0.2, 0.25) is 0 Å². The molecule has 0 bridgehead atoms. The smallest absolute Gasteiger partial charge is 0.303 e. The number of rotatable bonds is 3. The average Bonchev–Trinajstić information content (AvgIpc) is 2.82. The SMILES string of the molecule is C=C1O[C@H]([C@H]2COC(C)(C)O2)[C@H](OC(C)=O)[C@H]1OC(C)=O. The van der Waals surface area contributed by atoms with Crippen molar-refractivity contribution >= 4 is 11.9 Å². The maximum atomic E-state index is 11.3. The molecule has 0 saturated carbocycles. The summed E-state index contributed by atoms with van der Waals surface area (Å²) >= 11 is 0. The first-order valence-electron chi connectivity index (χ1n) is 6.71. The molecule has 118 valence electrons. The van der Waals surface area contributed by atoms with E-state index in [1.165, 1.54) is 13.8 Å². The van der Waals surface area contributed by atoms with Crippen molar-refractivity contribution in [1.82, 2.24) is 0 Å². The van der Waals surface area contributed by atoms with Gasteiger partial charge < -0.3 is 23.7 Å². The molecule has 4 atom stereocenters. The van der Waals surface area contributed by atoms with Crippen LogP contribution in [0.4, 0.5) is 0 Å². The van der Waals surface area contributed by atoms with Gasteiger partial charge in [-0.15, -0.1) is 0 Å². The van der Waals surface area contributed by atoms with Gasteiger partial charge in [0.05, 0.1) is 6.61 Å². The molecule has 0 spiro atoms. The van der Waals surface area contributed by atoms with Crippen molar-refractivity contribution in [2.45, 2.75) is 57.9 Å². The zero-order chi connectivity index (χ0) is 15.8. The van der Waals surface area contributed by atoms with E-state index in [1.54, 1.807) is 13.8 Å². The summed E-state index contributed by atoms with van der Waals surface area (Å²) in [5, 5.41) is 0. The highest BCUT2D eigenvalue weighted by atomic mass is 16.8. The van der Waals surface area contributed by atoms with Gasteiger partial charge in [0.15, 0.2) is 24.1 Å². The summed E-state index contributed by atoms with van der Waals surface area (Å²) in [6.07, 6.45) is -2.72. The number of hydrogen-bond donors (Lipinski definition) is 0. The van der Waals surface area contributed by atoms with E-state index in [4.69, 9.17) is 23.7 Å². The van der Waals surface area contributed by atoms with Crippen molar-refractivity contribution in [3.05, 3.63) is 12.3 Å². The Hall–Kier alpha value is -1.60. The summed E-state index contributed by atoms with van der Waals surface area (Å²) in [5.41, 5.74) is 0. The zero-order valence-electron chi connectivity index (χ0n) is 12.6. The standard InChI is InChI=1S/C14H20O7/c1-7-11(19-8(2)15)13(20-9(3)16)12(18-7)10-6-17-14(4,5)21-10/h10-13H,1,6H2,2-5H3/t10-,11+,12-,13-/m1/s1. The fourth-order valence-corrected chi connectivity index (χ4v) is 2.46. The highest BCUT2D eigenvalue weighted by Crippen LogP contribution is 2.35. The molecule has 0 amide bonds. The molecule has 0 aromatic heterocycles. The summed E-state index contributed by atoms with van der Waals surface area (Å²) in [4.78, 5) is 22.5. The Morgan fingerprint density at radius 2 is 1.86 bits per heavy atom. The van der Waals surface area contributed by atoms with Crippen LogP contribution in [0.3, 0.4) is 0 Å². The first kappa shape index (κ1) is 15.8. The minimum absolute atomic E-state index is 0.231. The lowest BCUT2D eigenvalue weighted by Crippen LogP contribution is -2.44. The molecule has 7 heteroatoms. The summed E-state index contributed by atoms with van der Waals surface area (Å²) in [6, 6.07) is 0. The Labute approximate surface area is 123 Å². The summed E-state index contributed by atoms with van der Waals surface area (Å²) in [5.74, 6) is -1.52. The average molecular weight is 300 g/mol. The molecule has 2 rings (SSSR count). The second-order valence-electron chi connectivity index (χ2n) is 5.52. The lowest BCUT2D eigenvalue weighted by atomic mass is 10.1. The van der Waals surface area contributed by atoms with Crippen LogP contribution in [0.25, 0.3) is 0 Å². The van der Waals surface area contributed by atoms with Gasteiger partial charge in [0.1, 0.15) is 11.9 Å². The molecule has 0 aromatic rings. The normalized spacial score (nSPS) is 34.4. The number of carbonyl (C=O) groups excluding carboxylic acids is 2. The quantitative estimate of drug-likeness (QED) is 0.717. The predicted molar refractivity (Wildman–Crippen MR) is 70.0 cm³/mol. The van der Waals surface area contributed by atoms with Gasteiger partial charge in [-0.2, -0.15) is 0 Å².